The molecule has 1 unspecified atom stereocenters. The highest BCUT2D eigenvalue weighted by Crippen LogP contribution is 2.26. The molecule has 1 aromatic heterocycles. The molecule has 1 amide bonds. The van der Waals surface area contributed by atoms with E-state index in [9.17, 15) is 13.6 Å². The first-order valence-corrected chi connectivity index (χ1v) is 13.9. The summed E-state index contributed by atoms with van der Waals surface area (Å²) >= 11 is 0. The molecule has 0 saturated carbocycles. The van der Waals surface area contributed by atoms with Crippen molar-refractivity contribution in [2.75, 3.05) is 25.0 Å². The molecule has 0 spiro atoms. The van der Waals surface area contributed by atoms with E-state index >= 15 is 0 Å². The van der Waals surface area contributed by atoms with Gasteiger partial charge in [-0.3, -0.25) is 9.69 Å². The van der Waals surface area contributed by atoms with Gasteiger partial charge in [-0.25, -0.2) is 13.8 Å². The Bertz CT molecular complexity index is 1250. The van der Waals surface area contributed by atoms with E-state index in [1.54, 1.807) is 6.33 Å². The first-order valence-electron chi connectivity index (χ1n) is 13.9. The van der Waals surface area contributed by atoms with Crippen LogP contribution in [0.25, 0.3) is 0 Å². The first kappa shape index (κ1) is 27.4. The summed E-state index contributed by atoms with van der Waals surface area (Å²) in [7, 11) is 0. The van der Waals surface area contributed by atoms with Gasteiger partial charge in [0.25, 0.3) is 0 Å². The second-order valence-corrected chi connectivity index (χ2v) is 10.6. The number of morpholine rings is 1. The monoisotopic (exact) mass is 537 g/mol. The lowest BCUT2D eigenvalue weighted by Gasteiger charge is -2.33. The number of carbonyl (C=O) groups is 1. The summed E-state index contributed by atoms with van der Waals surface area (Å²) in [6, 6.07) is 12.3. The Hall–Kier alpha value is -3.14. The molecule has 7 nitrogen and oxygen atoms in total. The van der Waals surface area contributed by atoms with Gasteiger partial charge in [-0.2, -0.15) is 0 Å². The van der Waals surface area contributed by atoms with Crippen molar-refractivity contribution in [3.63, 3.8) is 0 Å². The number of fused-ring (bicyclic) bond motifs is 1. The quantitative estimate of drug-likeness (QED) is 0.403. The van der Waals surface area contributed by atoms with Gasteiger partial charge in [-0.1, -0.05) is 43.7 Å². The average molecular weight is 538 g/mol. The van der Waals surface area contributed by atoms with E-state index in [0.29, 0.717) is 43.8 Å². The maximum atomic E-state index is 14.4. The summed E-state index contributed by atoms with van der Waals surface area (Å²) in [5.41, 5.74) is 2.55. The fourth-order valence-electron chi connectivity index (χ4n) is 5.64. The van der Waals surface area contributed by atoms with Gasteiger partial charge in [-0.05, 0) is 48.4 Å². The zero-order chi connectivity index (χ0) is 27.2. The van der Waals surface area contributed by atoms with Gasteiger partial charge in [0, 0.05) is 37.9 Å². The number of carbonyl (C=O) groups excluding carboxylic acids is 1. The molecule has 1 aliphatic carbocycles. The Morgan fingerprint density at radius 1 is 1.23 bits per heavy atom. The Morgan fingerprint density at radius 3 is 2.90 bits per heavy atom. The van der Waals surface area contributed by atoms with Gasteiger partial charge in [0.2, 0.25) is 5.91 Å². The van der Waals surface area contributed by atoms with Crippen LogP contribution in [0.15, 0.2) is 55.0 Å². The molecule has 0 bridgehead atoms. The van der Waals surface area contributed by atoms with E-state index < -0.39 is 17.7 Å². The van der Waals surface area contributed by atoms with Crippen molar-refractivity contribution in [3.05, 3.63) is 83.3 Å². The van der Waals surface area contributed by atoms with Crippen LogP contribution in [0, 0.1) is 11.6 Å². The highest BCUT2D eigenvalue weighted by Gasteiger charge is 2.27. The van der Waals surface area contributed by atoms with Gasteiger partial charge in [0.15, 0.2) is 5.82 Å². The normalized spacial score (nSPS) is 20.4. The molecule has 2 aliphatic rings. The lowest BCUT2D eigenvalue weighted by atomic mass is 9.87. The number of aromatic nitrogens is 2. The topological polar surface area (TPSA) is 71.4 Å². The molecule has 9 heteroatoms. The van der Waals surface area contributed by atoms with Crippen molar-refractivity contribution < 1.29 is 18.3 Å². The van der Waals surface area contributed by atoms with Gasteiger partial charge in [0.05, 0.1) is 31.6 Å². The van der Waals surface area contributed by atoms with Crippen molar-refractivity contribution in [1.82, 2.24) is 19.8 Å². The number of benzene rings is 2. The Kier molecular flexibility index (Phi) is 9.01. The van der Waals surface area contributed by atoms with Gasteiger partial charge in [0.1, 0.15) is 11.6 Å². The third kappa shape index (κ3) is 7.29. The molecular weight excluding hydrogens is 500 g/mol. The van der Waals surface area contributed by atoms with Crippen molar-refractivity contribution in [1.29, 1.82) is 0 Å². The fourth-order valence-corrected chi connectivity index (χ4v) is 5.64. The molecule has 3 atom stereocenters. The number of aryl methyl sites for hydroxylation is 1. The van der Waals surface area contributed by atoms with Crippen LogP contribution in [0.5, 0.6) is 0 Å². The van der Waals surface area contributed by atoms with Crippen LogP contribution in [0.3, 0.4) is 0 Å². The predicted molar refractivity (Wildman–Crippen MR) is 146 cm³/mol. The summed E-state index contributed by atoms with van der Waals surface area (Å²) in [5, 5.41) is 6.37. The highest BCUT2D eigenvalue weighted by molar-refractivity contribution is 5.94. The number of anilines is 1. The van der Waals surface area contributed by atoms with Crippen LogP contribution in [0.1, 0.15) is 42.9 Å². The number of imidazole rings is 1. The van der Waals surface area contributed by atoms with E-state index in [1.807, 2.05) is 23.8 Å². The van der Waals surface area contributed by atoms with E-state index in [-0.39, 0.29) is 18.1 Å². The van der Waals surface area contributed by atoms with E-state index in [0.717, 1.165) is 44.1 Å². The molecule has 1 saturated heterocycles. The average Bonchev–Trinajstić information content (AvgIpc) is 3.36. The zero-order valence-corrected chi connectivity index (χ0v) is 22.4. The molecular formula is C30H37F2N5O2. The molecule has 0 radical (unpaired) electrons. The number of halogens is 2. The number of hydrogen-bond acceptors (Lipinski definition) is 5. The molecule has 3 aromatic rings. The summed E-state index contributed by atoms with van der Waals surface area (Å²) in [5.74, 6) is -0.714. The summed E-state index contributed by atoms with van der Waals surface area (Å²) in [4.78, 5) is 20.0. The second kappa shape index (κ2) is 12.8. The third-order valence-corrected chi connectivity index (χ3v) is 7.57. The predicted octanol–water partition coefficient (Wildman–Crippen LogP) is 4.32. The van der Waals surface area contributed by atoms with Crippen LogP contribution in [0.2, 0.25) is 0 Å². The maximum Gasteiger partial charge on any atom is 0.242 e. The van der Waals surface area contributed by atoms with Crippen LogP contribution in [0.4, 0.5) is 14.6 Å². The summed E-state index contributed by atoms with van der Waals surface area (Å²) < 4.78 is 35.9. The number of rotatable bonds is 10. The summed E-state index contributed by atoms with van der Waals surface area (Å²) in [6.07, 6.45) is 6.80. The SMILES string of the molecule is CCC[C@H](N[C@H]1CCc2cc(F)cc(F)c2C1)C(=O)Nc1cn(CC2CN(Cc3ccccc3)CCO2)cn1. The molecule has 2 heterocycles. The molecule has 2 aromatic carbocycles. The first-order chi connectivity index (χ1) is 19.0. The minimum absolute atomic E-state index is 0.0396. The number of nitrogens with one attached hydrogen (secondary N) is 2. The molecule has 1 fully saturated rings. The molecule has 2 N–H and O–H groups in total. The second-order valence-electron chi connectivity index (χ2n) is 10.6. The molecule has 39 heavy (non-hydrogen) atoms. The largest absolute Gasteiger partial charge is 0.374 e. The molecule has 1 aliphatic heterocycles. The third-order valence-electron chi connectivity index (χ3n) is 7.57. The minimum atomic E-state index is -0.542. The van der Waals surface area contributed by atoms with Crippen LogP contribution >= 0.6 is 0 Å². The van der Waals surface area contributed by atoms with Crippen LogP contribution < -0.4 is 10.6 Å². The van der Waals surface area contributed by atoms with E-state index in [2.05, 4.69) is 44.8 Å². The fraction of sp³-hybridized carbons (Fsp3) is 0.467. The van der Waals surface area contributed by atoms with Crippen molar-refractivity contribution in [2.24, 2.45) is 0 Å². The maximum absolute atomic E-state index is 14.4. The lowest BCUT2D eigenvalue weighted by Crippen LogP contribution is -2.48. The Balaban J connectivity index is 1.14. The van der Waals surface area contributed by atoms with Crippen LogP contribution in [-0.2, 0) is 35.5 Å². The van der Waals surface area contributed by atoms with Gasteiger partial charge >= 0.3 is 0 Å². The standard InChI is InChI=1S/C30H37F2N5O2/c1-2-6-28(34-24-10-9-22-13-23(31)14-27(32)26(22)15-24)30(38)35-29-19-37(20-33-29)18-25-17-36(11-12-39-25)16-21-7-4-3-5-8-21/h3-5,7-8,13-14,19-20,24-25,28,34H,2,6,9-12,15-18H2,1H3,(H,35,38)/t24-,25?,28-/m0/s1. The molecule has 5 rings (SSSR count). The molecule has 208 valence electrons. The number of hydrogen-bond donors (Lipinski definition) is 2. The highest BCUT2D eigenvalue weighted by atomic mass is 19.1. The smallest absolute Gasteiger partial charge is 0.242 e. The van der Waals surface area contributed by atoms with Crippen molar-refractivity contribution >= 4 is 11.7 Å². The van der Waals surface area contributed by atoms with Crippen molar-refractivity contribution in [2.45, 2.75) is 70.3 Å². The number of amides is 1. The Morgan fingerprint density at radius 2 is 2.08 bits per heavy atom. The lowest BCUT2D eigenvalue weighted by molar-refractivity contribution is -0.118. The van der Waals surface area contributed by atoms with Gasteiger partial charge in [-0.15, -0.1) is 0 Å². The number of nitrogens with zero attached hydrogens (tertiary/aromatic N) is 3. The van der Waals surface area contributed by atoms with E-state index in [1.165, 1.54) is 11.6 Å². The van der Waals surface area contributed by atoms with Gasteiger partial charge < -0.3 is 19.9 Å². The van der Waals surface area contributed by atoms with Crippen LogP contribution in [-0.4, -0.2) is 58.2 Å². The summed E-state index contributed by atoms with van der Waals surface area (Å²) in [6.45, 7) is 5.99. The minimum Gasteiger partial charge on any atom is -0.374 e. The zero-order valence-electron chi connectivity index (χ0n) is 22.4. The Labute approximate surface area is 228 Å². The number of ether oxygens (including phenoxy) is 1. The van der Waals surface area contributed by atoms with Crippen molar-refractivity contribution in [3.8, 4) is 0 Å². The van der Waals surface area contributed by atoms with E-state index in [4.69, 9.17) is 4.74 Å².